The van der Waals surface area contributed by atoms with Crippen LogP contribution in [0.15, 0.2) is 41.7 Å². The SMILES string of the molecule is CN=C(NCc1ccccc1OCC1CC1)N1CCN(c2cnn(C)c2)C(=O)C1. The number of hydrogen-bond acceptors (Lipinski definition) is 4. The highest BCUT2D eigenvalue weighted by atomic mass is 16.5. The van der Waals surface area contributed by atoms with Gasteiger partial charge in [-0.25, -0.2) is 0 Å². The van der Waals surface area contributed by atoms with Crippen molar-refractivity contribution < 1.29 is 9.53 Å². The summed E-state index contributed by atoms with van der Waals surface area (Å²) < 4.78 is 7.70. The lowest BCUT2D eigenvalue weighted by molar-refractivity contribution is -0.120. The van der Waals surface area contributed by atoms with Crippen molar-refractivity contribution in [2.75, 3.05) is 38.2 Å². The molecular formula is C21H28N6O2. The third kappa shape index (κ3) is 4.70. The average molecular weight is 396 g/mol. The largest absolute Gasteiger partial charge is 0.493 e. The highest BCUT2D eigenvalue weighted by Crippen LogP contribution is 2.30. The molecule has 1 aliphatic carbocycles. The minimum absolute atomic E-state index is 0.0420. The van der Waals surface area contributed by atoms with Gasteiger partial charge in [0.2, 0.25) is 5.91 Å². The molecule has 154 valence electrons. The van der Waals surface area contributed by atoms with Crippen molar-refractivity contribution in [2.45, 2.75) is 19.4 Å². The lowest BCUT2D eigenvalue weighted by Gasteiger charge is -2.35. The molecule has 1 aliphatic heterocycles. The van der Waals surface area contributed by atoms with Gasteiger partial charge in [-0.2, -0.15) is 5.10 Å². The zero-order valence-electron chi connectivity index (χ0n) is 17.0. The molecule has 4 rings (SSSR count). The Kier molecular flexibility index (Phi) is 5.69. The molecule has 0 unspecified atom stereocenters. The second kappa shape index (κ2) is 8.55. The van der Waals surface area contributed by atoms with Crippen LogP contribution in [0.3, 0.4) is 0 Å². The van der Waals surface area contributed by atoms with Crippen LogP contribution in [0, 0.1) is 5.92 Å². The number of rotatable bonds is 6. The Labute approximate surface area is 171 Å². The van der Waals surface area contributed by atoms with Crippen molar-refractivity contribution in [2.24, 2.45) is 18.0 Å². The summed E-state index contributed by atoms with van der Waals surface area (Å²) in [5.74, 6) is 2.40. The number of hydrogen-bond donors (Lipinski definition) is 1. The minimum Gasteiger partial charge on any atom is -0.493 e. The number of carbonyl (C=O) groups is 1. The van der Waals surface area contributed by atoms with Gasteiger partial charge in [-0.1, -0.05) is 18.2 Å². The van der Waals surface area contributed by atoms with Gasteiger partial charge in [0.15, 0.2) is 5.96 Å². The van der Waals surface area contributed by atoms with Crippen molar-refractivity contribution in [3.8, 4) is 5.75 Å². The van der Waals surface area contributed by atoms with Crippen LogP contribution in [-0.2, 0) is 18.4 Å². The summed E-state index contributed by atoms with van der Waals surface area (Å²) in [4.78, 5) is 20.8. The molecule has 1 N–H and O–H groups in total. The standard InChI is InChI=1S/C21H28N6O2/c1-22-21(23-11-17-5-3-4-6-19(17)29-15-16-7-8-16)26-9-10-27(20(28)14-26)18-12-24-25(2)13-18/h3-6,12-13,16H,7-11,14-15H2,1-2H3,(H,22,23). The number of anilines is 1. The molecule has 8 nitrogen and oxygen atoms in total. The van der Waals surface area contributed by atoms with Crippen LogP contribution < -0.4 is 15.0 Å². The Morgan fingerprint density at radius 3 is 2.83 bits per heavy atom. The molecule has 0 radical (unpaired) electrons. The summed E-state index contributed by atoms with van der Waals surface area (Å²) in [5.41, 5.74) is 1.93. The van der Waals surface area contributed by atoms with E-state index in [1.165, 1.54) is 12.8 Å². The molecule has 1 aromatic heterocycles. The van der Waals surface area contributed by atoms with Crippen molar-refractivity contribution in [1.29, 1.82) is 0 Å². The van der Waals surface area contributed by atoms with E-state index in [0.29, 0.717) is 25.6 Å². The third-order valence-electron chi connectivity index (χ3n) is 5.32. The molecule has 0 atom stereocenters. The van der Waals surface area contributed by atoms with E-state index in [0.717, 1.165) is 29.6 Å². The van der Waals surface area contributed by atoms with Gasteiger partial charge in [0.1, 0.15) is 12.3 Å². The molecule has 2 fully saturated rings. The Bertz CT molecular complexity index is 889. The predicted molar refractivity (Wildman–Crippen MR) is 112 cm³/mol. The lowest BCUT2D eigenvalue weighted by atomic mass is 10.2. The Hall–Kier alpha value is -3.03. The molecular weight excluding hydrogens is 368 g/mol. The topological polar surface area (TPSA) is 75.0 Å². The van der Waals surface area contributed by atoms with Crippen LogP contribution in [0.1, 0.15) is 18.4 Å². The number of para-hydroxylation sites is 1. The van der Waals surface area contributed by atoms with E-state index in [1.807, 2.05) is 36.3 Å². The van der Waals surface area contributed by atoms with E-state index in [-0.39, 0.29) is 12.5 Å². The van der Waals surface area contributed by atoms with Gasteiger partial charge < -0.3 is 19.9 Å². The number of aliphatic imine (C=N–C) groups is 1. The number of nitrogens with one attached hydrogen (secondary N) is 1. The van der Waals surface area contributed by atoms with E-state index >= 15 is 0 Å². The maximum Gasteiger partial charge on any atom is 0.246 e. The number of benzene rings is 1. The summed E-state index contributed by atoms with van der Waals surface area (Å²) >= 11 is 0. The first-order valence-corrected chi connectivity index (χ1v) is 10.1. The fraction of sp³-hybridized carbons (Fsp3) is 0.476. The number of aromatic nitrogens is 2. The van der Waals surface area contributed by atoms with E-state index in [1.54, 1.807) is 22.8 Å². The summed E-state index contributed by atoms with van der Waals surface area (Å²) in [5, 5.41) is 7.55. The molecule has 1 aromatic carbocycles. The summed E-state index contributed by atoms with van der Waals surface area (Å²) in [6, 6.07) is 8.09. The van der Waals surface area contributed by atoms with E-state index in [4.69, 9.17) is 4.74 Å². The number of guanidine groups is 1. The molecule has 8 heteroatoms. The van der Waals surface area contributed by atoms with Crippen LogP contribution in [0.2, 0.25) is 0 Å². The number of ether oxygens (including phenoxy) is 1. The second-order valence-electron chi connectivity index (χ2n) is 7.60. The van der Waals surface area contributed by atoms with Gasteiger partial charge in [0, 0.05) is 45.5 Å². The third-order valence-corrected chi connectivity index (χ3v) is 5.32. The van der Waals surface area contributed by atoms with Gasteiger partial charge in [0.05, 0.1) is 18.5 Å². The van der Waals surface area contributed by atoms with Crippen LogP contribution >= 0.6 is 0 Å². The second-order valence-corrected chi connectivity index (χ2v) is 7.60. The van der Waals surface area contributed by atoms with Crippen LogP contribution in [0.4, 0.5) is 5.69 Å². The van der Waals surface area contributed by atoms with Gasteiger partial charge in [0.25, 0.3) is 0 Å². The minimum atomic E-state index is 0.0420. The molecule has 1 saturated heterocycles. The van der Waals surface area contributed by atoms with Crippen molar-refractivity contribution in [3.05, 3.63) is 42.2 Å². The highest BCUT2D eigenvalue weighted by molar-refractivity contribution is 5.98. The van der Waals surface area contributed by atoms with Crippen molar-refractivity contribution >= 4 is 17.6 Å². The fourth-order valence-corrected chi connectivity index (χ4v) is 3.46. The zero-order chi connectivity index (χ0) is 20.2. The number of piperazine rings is 1. The molecule has 2 heterocycles. The lowest BCUT2D eigenvalue weighted by Crippen LogP contribution is -2.55. The van der Waals surface area contributed by atoms with E-state index < -0.39 is 0 Å². The van der Waals surface area contributed by atoms with E-state index in [9.17, 15) is 4.79 Å². The Balaban J connectivity index is 1.35. The van der Waals surface area contributed by atoms with Crippen molar-refractivity contribution in [1.82, 2.24) is 20.0 Å². The first kappa shape index (κ1) is 19.3. The summed E-state index contributed by atoms with van der Waals surface area (Å²) in [7, 11) is 3.60. The quantitative estimate of drug-likeness (QED) is 0.593. The van der Waals surface area contributed by atoms with Crippen LogP contribution in [-0.4, -0.2) is 59.8 Å². The number of aryl methyl sites for hydroxylation is 1. The highest BCUT2D eigenvalue weighted by Gasteiger charge is 2.28. The normalized spacial score (nSPS) is 17.6. The van der Waals surface area contributed by atoms with Gasteiger partial charge >= 0.3 is 0 Å². The first-order valence-electron chi connectivity index (χ1n) is 10.1. The Morgan fingerprint density at radius 1 is 1.31 bits per heavy atom. The summed E-state index contributed by atoms with van der Waals surface area (Å²) in [6.45, 7) is 2.99. The van der Waals surface area contributed by atoms with Gasteiger partial charge in [-0.15, -0.1) is 0 Å². The van der Waals surface area contributed by atoms with Gasteiger partial charge in [-0.3, -0.25) is 14.5 Å². The number of carbonyl (C=O) groups excluding carboxylic acids is 1. The van der Waals surface area contributed by atoms with E-state index in [2.05, 4.69) is 21.5 Å². The molecule has 2 aromatic rings. The maximum absolute atomic E-state index is 12.7. The molecule has 1 saturated carbocycles. The fourth-order valence-electron chi connectivity index (χ4n) is 3.46. The average Bonchev–Trinajstić information content (AvgIpc) is 3.46. The Morgan fingerprint density at radius 2 is 2.14 bits per heavy atom. The monoisotopic (exact) mass is 396 g/mol. The molecule has 0 spiro atoms. The molecule has 1 amide bonds. The first-order chi connectivity index (χ1) is 14.1. The molecule has 2 aliphatic rings. The van der Waals surface area contributed by atoms with Crippen LogP contribution in [0.5, 0.6) is 5.75 Å². The predicted octanol–water partition coefficient (Wildman–Crippen LogP) is 1.63. The number of amides is 1. The van der Waals surface area contributed by atoms with Crippen molar-refractivity contribution in [3.63, 3.8) is 0 Å². The van der Waals surface area contributed by atoms with Gasteiger partial charge in [-0.05, 0) is 24.8 Å². The number of nitrogens with zero attached hydrogens (tertiary/aromatic N) is 5. The zero-order valence-corrected chi connectivity index (χ0v) is 17.0. The summed E-state index contributed by atoms with van der Waals surface area (Å²) in [6.07, 6.45) is 6.12. The molecule has 0 bridgehead atoms. The molecule has 29 heavy (non-hydrogen) atoms. The maximum atomic E-state index is 12.7. The smallest absolute Gasteiger partial charge is 0.246 e. The van der Waals surface area contributed by atoms with Crippen LogP contribution in [0.25, 0.3) is 0 Å².